The average molecular weight is 620 g/mol. The molecule has 8 heteroatoms. The molecule has 3 aromatic rings. The summed E-state index contributed by atoms with van der Waals surface area (Å²) in [4.78, 5) is 28.8. The van der Waals surface area contributed by atoms with Crippen LogP contribution in [0.5, 0.6) is 5.75 Å². The maximum Gasteiger partial charge on any atom is 0.261 e. The third kappa shape index (κ3) is 8.48. The van der Waals surface area contributed by atoms with Gasteiger partial charge in [0, 0.05) is 24.0 Å². The lowest BCUT2D eigenvalue weighted by molar-refractivity contribution is -0.142. The minimum absolute atomic E-state index is 0.171. The molecular formula is C30H33BrCl2N2O3. The van der Waals surface area contributed by atoms with E-state index in [0.29, 0.717) is 28.8 Å². The van der Waals surface area contributed by atoms with Gasteiger partial charge in [-0.3, -0.25) is 9.59 Å². The number of halogens is 3. The highest BCUT2D eigenvalue weighted by Crippen LogP contribution is 2.27. The van der Waals surface area contributed by atoms with Crippen LogP contribution in [0.25, 0.3) is 0 Å². The topological polar surface area (TPSA) is 58.6 Å². The van der Waals surface area contributed by atoms with Crippen LogP contribution in [0.3, 0.4) is 0 Å². The van der Waals surface area contributed by atoms with Crippen LogP contribution >= 0.6 is 39.1 Å². The lowest BCUT2D eigenvalue weighted by atomic mass is 10.0. The summed E-state index contributed by atoms with van der Waals surface area (Å²) in [6, 6.07) is 17.9. The van der Waals surface area contributed by atoms with Gasteiger partial charge in [-0.1, -0.05) is 89.4 Å². The van der Waals surface area contributed by atoms with Crippen molar-refractivity contribution in [3.05, 3.63) is 97.4 Å². The molecule has 2 amide bonds. The molecule has 0 aliphatic rings. The van der Waals surface area contributed by atoms with Gasteiger partial charge in [-0.2, -0.15) is 0 Å². The molecule has 0 aromatic heterocycles. The molecule has 0 bridgehead atoms. The number of carbonyl (C=O) groups is 2. The Labute approximate surface area is 243 Å². The Morgan fingerprint density at radius 1 is 0.947 bits per heavy atom. The van der Waals surface area contributed by atoms with E-state index in [-0.39, 0.29) is 30.9 Å². The number of carbonyl (C=O) groups excluding carboxylic acids is 2. The second-order valence-electron chi connectivity index (χ2n) is 9.77. The summed E-state index contributed by atoms with van der Waals surface area (Å²) >= 11 is 16.0. The molecular weight excluding hydrogens is 587 g/mol. The number of hydrogen-bond acceptors (Lipinski definition) is 3. The van der Waals surface area contributed by atoms with Crippen LogP contribution < -0.4 is 10.1 Å². The SMILES string of the molecule is Cc1cc(OCC(=O)N(Cc2ccc(Cl)c(Cl)c2)[C@@H](Cc2ccccc2)C(=O)NCC(C)C)cc(C)c1Br. The predicted molar refractivity (Wildman–Crippen MR) is 158 cm³/mol. The van der Waals surface area contributed by atoms with E-state index < -0.39 is 6.04 Å². The molecule has 5 nitrogen and oxygen atoms in total. The molecule has 3 rings (SSSR count). The fourth-order valence-electron chi connectivity index (χ4n) is 4.03. The van der Waals surface area contributed by atoms with Gasteiger partial charge in [0.25, 0.3) is 5.91 Å². The maximum atomic E-state index is 13.7. The first-order valence-electron chi connectivity index (χ1n) is 12.5. The molecule has 1 N–H and O–H groups in total. The minimum atomic E-state index is -0.755. The zero-order chi connectivity index (χ0) is 27.8. The zero-order valence-corrected chi connectivity index (χ0v) is 25.2. The Hall–Kier alpha value is -2.54. The first-order valence-corrected chi connectivity index (χ1v) is 14.0. The van der Waals surface area contributed by atoms with E-state index >= 15 is 0 Å². The number of ether oxygens (including phenoxy) is 1. The fraction of sp³-hybridized carbons (Fsp3) is 0.333. The van der Waals surface area contributed by atoms with Gasteiger partial charge in [0.1, 0.15) is 11.8 Å². The van der Waals surface area contributed by atoms with E-state index in [1.54, 1.807) is 17.0 Å². The van der Waals surface area contributed by atoms with Crippen molar-refractivity contribution in [2.45, 2.75) is 46.7 Å². The summed E-state index contributed by atoms with van der Waals surface area (Å²) in [6.45, 7) is 8.46. The van der Waals surface area contributed by atoms with Crippen LogP contribution in [0, 0.1) is 19.8 Å². The minimum Gasteiger partial charge on any atom is -0.484 e. The molecule has 0 heterocycles. The third-order valence-corrected chi connectivity index (χ3v) is 8.05. The van der Waals surface area contributed by atoms with Crippen molar-refractivity contribution < 1.29 is 14.3 Å². The van der Waals surface area contributed by atoms with Gasteiger partial charge in [-0.15, -0.1) is 0 Å². The highest BCUT2D eigenvalue weighted by atomic mass is 79.9. The summed E-state index contributed by atoms with van der Waals surface area (Å²) in [7, 11) is 0. The Balaban J connectivity index is 1.94. The van der Waals surface area contributed by atoms with Crippen molar-refractivity contribution in [3.8, 4) is 5.75 Å². The van der Waals surface area contributed by atoms with Crippen molar-refractivity contribution >= 4 is 50.9 Å². The van der Waals surface area contributed by atoms with E-state index in [0.717, 1.165) is 26.7 Å². The van der Waals surface area contributed by atoms with Crippen molar-refractivity contribution in [2.75, 3.05) is 13.2 Å². The number of nitrogens with one attached hydrogen (secondary N) is 1. The van der Waals surface area contributed by atoms with Crippen LogP contribution in [0.2, 0.25) is 10.0 Å². The van der Waals surface area contributed by atoms with Gasteiger partial charge < -0.3 is 15.0 Å². The van der Waals surface area contributed by atoms with Crippen molar-refractivity contribution in [1.29, 1.82) is 0 Å². The van der Waals surface area contributed by atoms with E-state index in [9.17, 15) is 9.59 Å². The Bertz CT molecular complexity index is 1240. The molecule has 0 unspecified atom stereocenters. The maximum absolute atomic E-state index is 13.7. The number of benzene rings is 3. The average Bonchev–Trinajstić information content (AvgIpc) is 2.89. The van der Waals surface area contributed by atoms with Gasteiger partial charge in [-0.05, 0) is 66.3 Å². The molecule has 38 heavy (non-hydrogen) atoms. The summed E-state index contributed by atoms with van der Waals surface area (Å²) < 4.78 is 6.94. The lowest BCUT2D eigenvalue weighted by Crippen LogP contribution is -2.52. The predicted octanol–water partition coefficient (Wildman–Crippen LogP) is 7.16. The monoisotopic (exact) mass is 618 g/mol. The summed E-state index contributed by atoms with van der Waals surface area (Å²) in [6.07, 6.45) is 0.355. The summed E-state index contributed by atoms with van der Waals surface area (Å²) in [5, 5.41) is 3.82. The molecule has 0 saturated heterocycles. The van der Waals surface area contributed by atoms with E-state index in [4.69, 9.17) is 27.9 Å². The van der Waals surface area contributed by atoms with Crippen LogP contribution in [-0.4, -0.2) is 35.9 Å². The first kappa shape index (κ1) is 30.0. The Morgan fingerprint density at radius 3 is 2.21 bits per heavy atom. The van der Waals surface area contributed by atoms with Crippen LogP contribution in [0.1, 0.15) is 36.1 Å². The van der Waals surface area contributed by atoms with Crippen molar-refractivity contribution in [2.24, 2.45) is 5.92 Å². The second kappa shape index (κ2) is 14.0. The first-order chi connectivity index (χ1) is 18.0. The zero-order valence-electron chi connectivity index (χ0n) is 22.1. The Kier molecular flexibility index (Phi) is 11.1. The third-order valence-electron chi connectivity index (χ3n) is 6.06. The highest BCUT2D eigenvalue weighted by Gasteiger charge is 2.31. The quantitative estimate of drug-likeness (QED) is 0.248. The van der Waals surface area contributed by atoms with Gasteiger partial charge in [0.2, 0.25) is 5.91 Å². The van der Waals surface area contributed by atoms with Gasteiger partial charge in [0.05, 0.1) is 10.0 Å². The van der Waals surface area contributed by atoms with E-state index in [1.165, 1.54) is 0 Å². The molecule has 1 atom stereocenters. The summed E-state index contributed by atoms with van der Waals surface area (Å²) in [5.74, 6) is 0.332. The highest BCUT2D eigenvalue weighted by molar-refractivity contribution is 9.10. The van der Waals surface area contributed by atoms with Gasteiger partial charge >= 0.3 is 0 Å². The molecule has 0 radical (unpaired) electrons. The number of amides is 2. The summed E-state index contributed by atoms with van der Waals surface area (Å²) in [5.41, 5.74) is 3.73. The Morgan fingerprint density at radius 2 is 1.61 bits per heavy atom. The molecule has 202 valence electrons. The second-order valence-corrected chi connectivity index (χ2v) is 11.4. The van der Waals surface area contributed by atoms with Crippen molar-refractivity contribution in [1.82, 2.24) is 10.2 Å². The smallest absolute Gasteiger partial charge is 0.261 e. The van der Waals surface area contributed by atoms with E-state index in [2.05, 4.69) is 21.2 Å². The molecule has 0 fully saturated rings. The van der Waals surface area contributed by atoms with Crippen molar-refractivity contribution in [3.63, 3.8) is 0 Å². The van der Waals surface area contributed by atoms with Crippen LogP contribution in [-0.2, 0) is 22.6 Å². The number of nitrogens with zero attached hydrogens (tertiary/aromatic N) is 1. The number of hydrogen-bond donors (Lipinski definition) is 1. The molecule has 0 aliphatic heterocycles. The molecule has 0 saturated carbocycles. The fourth-order valence-corrected chi connectivity index (χ4v) is 4.58. The van der Waals surface area contributed by atoms with E-state index in [1.807, 2.05) is 76.2 Å². The van der Waals surface area contributed by atoms with Crippen LogP contribution in [0.15, 0.2) is 65.1 Å². The standard InChI is InChI=1S/C30H33BrCl2N2O3/c1-19(2)16-34-30(37)27(15-22-8-6-5-7-9-22)35(17-23-10-11-25(32)26(33)14-23)28(36)18-38-24-12-20(3)29(31)21(4)13-24/h5-14,19,27H,15-18H2,1-4H3,(H,34,37)/t27-/m0/s1. The van der Waals surface area contributed by atoms with Gasteiger partial charge in [-0.25, -0.2) is 0 Å². The molecule has 3 aromatic carbocycles. The van der Waals surface area contributed by atoms with Gasteiger partial charge in [0.15, 0.2) is 6.61 Å². The lowest BCUT2D eigenvalue weighted by Gasteiger charge is -2.32. The number of rotatable bonds is 11. The number of aryl methyl sites for hydroxylation is 2. The molecule has 0 spiro atoms. The largest absolute Gasteiger partial charge is 0.484 e. The molecule has 0 aliphatic carbocycles. The van der Waals surface area contributed by atoms with Crippen LogP contribution in [0.4, 0.5) is 0 Å². The normalized spacial score (nSPS) is 11.8.